The number of pyridine rings is 1. The number of ether oxygens (including phenoxy) is 1. The zero-order valence-electron chi connectivity index (χ0n) is 25.6. The maximum atomic E-state index is 14.0. The first kappa shape index (κ1) is 26.3. The lowest BCUT2D eigenvalue weighted by Crippen LogP contribution is -2.53. The van der Waals surface area contributed by atoms with Crippen LogP contribution in [0.3, 0.4) is 0 Å². The molecular formula is C35H33N9O2. The Hall–Kier alpha value is -4.98. The molecule has 46 heavy (non-hydrogen) atoms. The van der Waals surface area contributed by atoms with Crippen LogP contribution in [0.5, 0.6) is 5.75 Å². The highest BCUT2D eigenvalue weighted by Gasteiger charge is 2.61. The topological polar surface area (TPSA) is 118 Å². The van der Waals surface area contributed by atoms with Crippen LogP contribution < -0.4 is 9.64 Å². The van der Waals surface area contributed by atoms with Crippen LogP contribution in [0.4, 0.5) is 5.82 Å². The first-order valence-corrected chi connectivity index (χ1v) is 16.4. The molecule has 230 valence electrons. The molecule has 2 saturated heterocycles. The minimum Gasteiger partial charge on any atom is -0.494 e. The van der Waals surface area contributed by atoms with E-state index in [0.717, 1.165) is 59.0 Å². The fraction of sp³-hybridized carbons (Fsp3) is 0.429. The minimum atomic E-state index is 0.0597. The molecule has 1 amide bonds. The number of hydrogen-bond donors (Lipinski definition) is 0. The largest absolute Gasteiger partial charge is 0.494 e. The predicted molar refractivity (Wildman–Crippen MR) is 170 cm³/mol. The number of carbonyl (C=O) groups excluding carboxylic acids is 1. The van der Waals surface area contributed by atoms with Crippen LogP contribution in [-0.2, 0) is 6.54 Å². The Labute approximate surface area is 265 Å². The van der Waals surface area contributed by atoms with Crippen LogP contribution in [-0.4, -0.2) is 72.7 Å². The summed E-state index contributed by atoms with van der Waals surface area (Å²) in [7, 11) is 1.68. The highest BCUT2D eigenvalue weighted by Crippen LogP contribution is 2.61. The summed E-state index contributed by atoms with van der Waals surface area (Å²) in [6, 6.07) is 12.7. The molecule has 2 aliphatic heterocycles. The SMILES string of the molecule is COc1cc(C(=O)N2CC3CC4CC2[C@H]43)cc2nc(-c3cc4cccnc4n3CC3CC3)n(C3CN(c4cncc(C#N)n4)C3)c12. The van der Waals surface area contributed by atoms with Gasteiger partial charge in [-0.05, 0) is 79.7 Å². The molecule has 3 unspecified atom stereocenters. The second kappa shape index (κ2) is 9.52. The van der Waals surface area contributed by atoms with E-state index in [1.165, 1.54) is 25.5 Å². The molecule has 5 aliphatic rings. The van der Waals surface area contributed by atoms with E-state index in [1.807, 2.05) is 24.4 Å². The van der Waals surface area contributed by atoms with Gasteiger partial charge in [-0.15, -0.1) is 0 Å². The van der Waals surface area contributed by atoms with Crippen LogP contribution in [0.25, 0.3) is 33.6 Å². The van der Waals surface area contributed by atoms with Gasteiger partial charge in [-0.3, -0.25) is 9.78 Å². The van der Waals surface area contributed by atoms with E-state index in [1.54, 1.807) is 13.3 Å². The first-order chi connectivity index (χ1) is 22.6. The van der Waals surface area contributed by atoms with Gasteiger partial charge in [-0.1, -0.05) is 0 Å². The summed E-state index contributed by atoms with van der Waals surface area (Å²) >= 11 is 0. The standard InChI is InChI=1S/C35H33N9O2/c1-46-29-11-22(35(45)43-16-23-7-21-10-27(43)31(21)23)8-26-32(29)44(25-17-41(18-25)30-14-37-13-24(12-36)39-30)34(40-26)28-9-20-3-2-6-38-33(20)42(28)15-19-4-5-19/h2-3,6,8-9,11,13-14,19,21,23,25,27,31H,4-5,7,10,15-18H2,1H3/t21?,23?,27?,31-/m1/s1. The number of imidazole rings is 1. The van der Waals surface area contributed by atoms with Crippen molar-refractivity contribution in [3.05, 3.63) is 60.2 Å². The smallest absolute Gasteiger partial charge is 0.254 e. The Morgan fingerprint density at radius 2 is 1.98 bits per heavy atom. The molecule has 5 aromatic rings. The molecule has 11 heteroatoms. The van der Waals surface area contributed by atoms with Crippen molar-refractivity contribution in [1.82, 2.24) is 34.0 Å². The third-order valence-electron chi connectivity index (χ3n) is 11.3. The van der Waals surface area contributed by atoms with Crippen molar-refractivity contribution >= 4 is 33.8 Å². The first-order valence-electron chi connectivity index (χ1n) is 16.4. The zero-order chi connectivity index (χ0) is 30.7. The van der Waals surface area contributed by atoms with E-state index in [2.05, 4.69) is 47.1 Å². The van der Waals surface area contributed by atoms with E-state index in [9.17, 15) is 10.1 Å². The lowest BCUT2D eigenvalue weighted by Gasteiger charge is -2.52. The lowest BCUT2D eigenvalue weighted by atomic mass is 9.53. The van der Waals surface area contributed by atoms with Gasteiger partial charge in [0, 0.05) is 49.4 Å². The molecule has 0 bridgehead atoms. The van der Waals surface area contributed by atoms with Crippen LogP contribution in [0.15, 0.2) is 48.9 Å². The number of aromatic nitrogens is 6. The lowest BCUT2D eigenvalue weighted by molar-refractivity contribution is -0.0204. The van der Waals surface area contributed by atoms with Crippen molar-refractivity contribution in [1.29, 1.82) is 5.26 Å². The van der Waals surface area contributed by atoms with E-state index in [4.69, 9.17) is 14.7 Å². The van der Waals surface area contributed by atoms with Gasteiger partial charge in [0.1, 0.15) is 28.8 Å². The van der Waals surface area contributed by atoms with Crippen molar-refractivity contribution in [2.45, 2.75) is 44.3 Å². The number of nitriles is 1. The Balaban J connectivity index is 1.11. The highest BCUT2D eigenvalue weighted by molar-refractivity contribution is 6.00. The molecule has 4 aromatic heterocycles. The van der Waals surface area contributed by atoms with Gasteiger partial charge in [0.2, 0.25) is 0 Å². The van der Waals surface area contributed by atoms with Gasteiger partial charge >= 0.3 is 0 Å². The molecule has 0 N–H and O–H groups in total. The van der Waals surface area contributed by atoms with E-state index in [0.29, 0.717) is 59.7 Å². The Morgan fingerprint density at radius 3 is 2.76 bits per heavy atom. The number of methoxy groups -OCH3 is 1. The van der Waals surface area contributed by atoms with Crippen LogP contribution in [0.2, 0.25) is 0 Å². The third-order valence-corrected chi connectivity index (χ3v) is 11.3. The molecule has 3 saturated carbocycles. The number of fused-ring (bicyclic) bond motifs is 2. The van der Waals surface area contributed by atoms with E-state index in [-0.39, 0.29) is 11.9 Å². The zero-order valence-corrected chi connectivity index (χ0v) is 25.6. The molecule has 3 aliphatic carbocycles. The Morgan fingerprint density at radius 1 is 1.09 bits per heavy atom. The number of carbonyl (C=O) groups is 1. The molecule has 11 nitrogen and oxygen atoms in total. The fourth-order valence-electron chi connectivity index (χ4n) is 8.76. The van der Waals surface area contributed by atoms with Gasteiger partial charge in [0.05, 0.1) is 36.8 Å². The normalized spacial score (nSPS) is 24.8. The highest BCUT2D eigenvalue weighted by atomic mass is 16.5. The summed E-state index contributed by atoms with van der Waals surface area (Å²) in [6.07, 6.45) is 9.91. The maximum Gasteiger partial charge on any atom is 0.254 e. The van der Waals surface area contributed by atoms with Crippen LogP contribution >= 0.6 is 0 Å². The van der Waals surface area contributed by atoms with Gasteiger partial charge in [-0.25, -0.2) is 15.0 Å². The Bertz CT molecular complexity index is 2120. The number of nitrogens with zero attached hydrogens (tertiary/aromatic N) is 9. The molecule has 5 fully saturated rings. The predicted octanol–water partition coefficient (Wildman–Crippen LogP) is 4.67. The molecule has 6 heterocycles. The summed E-state index contributed by atoms with van der Waals surface area (Å²) in [5, 5.41) is 10.5. The number of hydrogen-bond acceptors (Lipinski definition) is 8. The third kappa shape index (κ3) is 3.73. The molecule has 0 radical (unpaired) electrons. The molecular weight excluding hydrogens is 578 g/mol. The molecule has 0 spiro atoms. The minimum absolute atomic E-state index is 0.0597. The Kier molecular flexibility index (Phi) is 5.43. The summed E-state index contributed by atoms with van der Waals surface area (Å²) in [5.41, 5.74) is 4.57. The summed E-state index contributed by atoms with van der Waals surface area (Å²) < 4.78 is 10.7. The quantitative estimate of drug-likeness (QED) is 0.261. The van der Waals surface area contributed by atoms with Crippen molar-refractivity contribution in [3.63, 3.8) is 0 Å². The number of likely N-dealkylation sites (tertiary alicyclic amines) is 1. The van der Waals surface area contributed by atoms with Gasteiger partial charge in [-0.2, -0.15) is 5.26 Å². The second-order valence-corrected chi connectivity index (χ2v) is 13.9. The number of rotatable bonds is 7. The van der Waals surface area contributed by atoms with Crippen molar-refractivity contribution in [2.24, 2.45) is 23.7 Å². The summed E-state index contributed by atoms with van der Waals surface area (Å²) in [4.78, 5) is 37.1. The summed E-state index contributed by atoms with van der Waals surface area (Å²) in [6.45, 7) is 3.11. The van der Waals surface area contributed by atoms with Gasteiger partial charge < -0.3 is 23.7 Å². The van der Waals surface area contributed by atoms with Crippen LogP contribution in [0, 0.1) is 35.0 Å². The van der Waals surface area contributed by atoms with Gasteiger partial charge in [0.15, 0.2) is 11.5 Å². The van der Waals surface area contributed by atoms with Crippen molar-refractivity contribution < 1.29 is 9.53 Å². The van der Waals surface area contributed by atoms with Crippen LogP contribution in [0.1, 0.15) is 47.8 Å². The number of benzene rings is 1. The molecule has 1 aromatic carbocycles. The monoisotopic (exact) mass is 611 g/mol. The van der Waals surface area contributed by atoms with E-state index < -0.39 is 0 Å². The molecule has 4 atom stereocenters. The molecule has 10 rings (SSSR count). The number of amides is 1. The van der Waals surface area contributed by atoms with Crippen molar-refractivity contribution in [3.8, 4) is 23.3 Å². The average molecular weight is 612 g/mol. The van der Waals surface area contributed by atoms with Gasteiger partial charge in [0.25, 0.3) is 5.91 Å². The van der Waals surface area contributed by atoms with E-state index >= 15 is 0 Å². The average Bonchev–Trinajstić information content (AvgIpc) is 3.69. The second-order valence-electron chi connectivity index (χ2n) is 13.9. The van der Waals surface area contributed by atoms with Crippen molar-refractivity contribution in [2.75, 3.05) is 31.6 Å². The fourth-order valence-corrected chi connectivity index (χ4v) is 8.76. The number of anilines is 1. The summed E-state index contributed by atoms with van der Waals surface area (Å²) in [5.74, 6) is 5.13. The maximum absolute atomic E-state index is 14.0.